The number of para-hydroxylation sites is 1. The van der Waals surface area contributed by atoms with Gasteiger partial charge in [0.25, 0.3) is 5.91 Å². The molecule has 0 aliphatic heterocycles. The van der Waals surface area contributed by atoms with Crippen LogP contribution in [0.4, 0.5) is 5.69 Å². The Balaban J connectivity index is 1.83. The maximum atomic E-state index is 12.4. The lowest BCUT2D eigenvalue weighted by Crippen LogP contribution is -2.12. The molecule has 4 heteroatoms. The van der Waals surface area contributed by atoms with Crippen molar-refractivity contribution in [1.82, 2.24) is 4.98 Å². The summed E-state index contributed by atoms with van der Waals surface area (Å²) in [6.07, 6.45) is 1.63. The van der Waals surface area contributed by atoms with Gasteiger partial charge in [0.2, 0.25) is 0 Å². The number of aromatic nitrogens is 1. The zero-order chi connectivity index (χ0) is 15.5. The van der Waals surface area contributed by atoms with Crippen LogP contribution in [0.2, 0.25) is 0 Å². The number of amides is 1. The van der Waals surface area contributed by atoms with Gasteiger partial charge in [0.15, 0.2) is 0 Å². The second kappa shape index (κ2) is 6.12. The highest BCUT2D eigenvalue weighted by molar-refractivity contribution is 7.17. The van der Waals surface area contributed by atoms with Crippen LogP contribution < -0.4 is 5.32 Å². The molecule has 0 aliphatic carbocycles. The minimum atomic E-state index is -0.114. The maximum absolute atomic E-state index is 12.4. The van der Waals surface area contributed by atoms with Crippen molar-refractivity contribution in [3.05, 3.63) is 70.7 Å². The molecule has 0 unspecified atom stereocenters. The average molecular weight is 308 g/mol. The third-order valence-corrected chi connectivity index (χ3v) is 4.52. The highest BCUT2D eigenvalue weighted by atomic mass is 32.1. The molecule has 2 aromatic carbocycles. The Hall–Kier alpha value is -2.46. The van der Waals surface area contributed by atoms with E-state index in [0.29, 0.717) is 4.88 Å². The van der Waals surface area contributed by atoms with Crippen LogP contribution in [0.1, 0.15) is 20.8 Å². The van der Waals surface area contributed by atoms with Crippen molar-refractivity contribution in [1.29, 1.82) is 0 Å². The molecule has 3 rings (SSSR count). The molecule has 1 heterocycles. The van der Waals surface area contributed by atoms with Crippen LogP contribution in [0, 0.1) is 13.8 Å². The lowest BCUT2D eigenvalue weighted by molar-refractivity contribution is 0.103. The van der Waals surface area contributed by atoms with Crippen molar-refractivity contribution in [2.75, 3.05) is 5.32 Å². The SMILES string of the molecule is Cc1cccc(C)c1NC(=O)c1cnc(-c2ccccc2)s1. The lowest BCUT2D eigenvalue weighted by Gasteiger charge is -2.10. The number of anilines is 1. The zero-order valence-corrected chi connectivity index (χ0v) is 13.3. The van der Waals surface area contributed by atoms with E-state index in [4.69, 9.17) is 0 Å². The summed E-state index contributed by atoms with van der Waals surface area (Å²) >= 11 is 1.40. The van der Waals surface area contributed by atoms with Crippen molar-refractivity contribution in [2.45, 2.75) is 13.8 Å². The zero-order valence-electron chi connectivity index (χ0n) is 12.5. The minimum Gasteiger partial charge on any atom is -0.321 e. The van der Waals surface area contributed by atoms with E-state index >= 15 is 0 Å². The van der Waals surface area contributed by atoms with Gasteiger partial charge in [-0.1, -0.05) is 48.5 Å². The van der Waals surface area contributed by atoms with Gasteiger partial charge in [-0.25, -0.2) is 4.98 Å². The van der Waals surface area contributed by atoms with E-state index < -0.39 is 0 Å². The van der Waals surface area contributed by atoms with Crippen LogP contribution in [0.5, 0.6) is 0 Å². The Morgan fingerprint density at radius 1 is 1.00 bits per heavy atom. The van der Waals surface area contributed by atoms with Gasteiger partial charge in [0, 0.05) is 11.3 Å². The van der Waals surface area contributed by atoms with Crippen molar-refractivity contribution in [3.8, 4) is 10.6 Å². The summed E-state index contributed by atoms with van der Waals surface area (Å²) < 4.78 is 0. The largest absolute Gasteiger partial charge is 0.321 e. The first kappa shape index (κ1) is 14.5. The van der Waals surface area contributed by atoms with Crippen LogP contribution in [-0.4, -0.2) is 10.9 Å². The second-order valence-corrected chi connectivity index (χ2v) is 6.15. The maximum Gasteiger partial charge on any atom is 0.267 e. The van der Waals surface area contributed by atoms with Gasteiger partial charge in [-0.15, -0.1) is 11.3 Å². The molecule has 0 saturated heterocycles. The van der Waals surface area contributed by atoms with Crippen molar-refractivity contribution >= 4 is 22.9 Å². The molecule has 1 aromatic heterocycles. The molecule has 0 spiro atoms. The molecule has 110 valence electrons. The van der Waals surface area contributed by atoms with Crippen molar-refractivity contribution < 1.29 is 4.79 Å². The van der Waals surface area contributed by atoms with E-state index in [1.54, 1.807) is 6.20 Å². The second-order valence-electron chi connectivity index (χ2n) is 5.12. The number of carbonyl (C=O) groups is 1. The molecule has 1 amide bonds. The number of hydrogen-bond donors (Lipinski definition) is 1. The molecule has 1 N–H and O–H groups in total. The summed E-state index contributed by atoms with van der Waals surface area (Å²) in [6, 6.07) is 15.8. The topological polar surface area (TPSA) is 42.0 Å². The monoisotopic (exact) mass is 308 g/mol. The summed E-state index contributed by atoms with van der Waals surface area (Å²) in [6.45, 7) is 3.98. The third-order valence-electron chi connectivity index (χ3n) is 3.47. The molecule has 0 atom stereocenters. The van der Waals surface area contributed by atoms with Gasteiger partial charge in [-0.2, -0.15) is 0 Å². The van der Waals surface area contributed by atoms with E-state index in [2.05, 4.69) is 10.3 Å². The molecule has 0 saturated carbocycles. The highest BCUT2D eigenvalue weighted by Crippen LogP contribution is 2.26. The molecular formula is C18H16N2OS. The van der Waals surface area contributed by atoms with Crippen molar-refractivity contribution in [3.63, 3.8) is 0 Å². The number of nitrogens with one attached hydrogen (secondary N) is 1. The van der Waals surface area contributed by atoms with E-state index in [1.165, 1.54) is 11.3 Å². The Morgan fingerprint density at radius 2 is 1.68 bits per heavy atom. The van der Waals surface area contributed by atoms with Crippen molar-refractivity contribution in [2.24, 2.45) is 0 Å². The number of nitrogens with zero attached hydrogens (tertiary/aromatic N) is 1. The number of thiazole rings is 1. The Labute approximate surface area is 133 Å². The summed E-state index contributed by atoms with van der Waals surface area (Å²) in [5.41, 5.74) is 4.02. The molecule has 0 radical (unpaired) electrons. The van der Waals surface area contributed by atoms with Gasteiger partial charge in [-0.3, -0.25) is 4.79 Å². The third kappa shape index (κ3) is 2.92. The summed E-state index contributed by atoms with van der Waals surface area (Å²) in [5.74, 6) is -0.114. The van der Waals surface area contributed by atoms with Crippen LogP contribution in [0.25, 0.3) is 10.6 Å². The number of carbonyl (C=O) groups excluding carboxylic acids is 1. The predicted molar refractivity (Wildman–Crippen MR) is 91.4 cm³/mol. The fourth-order valence-corrected chi connectivity index (χ4v) is 3.10. The Kier molecular flexibility index (Phi) is 4.02. The number of benzene rings is 2. The molecule has 3 aromatic rings. The fourth-order valence-electron chi connectivity index (χ4n) is 2.28. The predicted octanol–water partition coefficient (Wildman–Crippen LogP) is 4.68. The van der Waals surface area contributed by atoms with Gasteiger partial charge < -0.3 is 5.32 Å². The number of rotatable bonds is 3. The van der Waals surface area contributed by atoms with E-state index in [9.17, 15) is 4.79 Å². The highest BCUT2D eigenvalue weighted by Gasteiger charge is 2.13. The lowest BCUT2D eigenvalue weighted by atomic mass is 10.1. The Morgan fingerprint density at radius 3 is 2.36 bits per heavy atom. The van der Waals surface area contributed by atoms with Gasteiger partial charge in [0.05, 0.1) is 6.20 Å². The average Bonchev–Trinajstić information content (AvgIpc) is 3.02. The van der Waals surface area contributed by atoms with Crippen LogP contribution in [0.15, 0.2) is 54.7 Å². The van der Waals surface area contributed by atoms with Gasteiger partial charge in [-0.05, 0) is 25.0 Å². The standard InChI is InChI=1S/C18H16N2OS/c1-12-7-6-8-13(2)16(12)20-17(21)15-11-19-18(22-15)14-9-4-3-5-10-14/h3-11H,1-2H3,(H,20,21). The van der Waals surface area contributed by atoms with Gasteiger partial charge >= 0.3 is 0 Å². The summed E-state index contributed by atoms with van der Waals surface area (Å²) in [7, 11) is 0. The normalized spacial score (nSPS) is 10.5. The molecular weight excluding hydrogens is 292 g/mol. The van der Waals surface area contributed by atoms with E-state index in [1.807, 2.05) is 62.4 Å². The van der Waals surface area contributed by atoms with E-state index in [-0.39, 0.29) is 5.91 Å². The first-order valence-electron chi connectivity index (χ1n) is 7.04. The fraction of sp³-hybridized carbons (Fsp3) is 0.111. The molecule has 0 bridgehead atoms. The quantitative estimate of drug-likeness (QED) is 0.763. The first-order valence-corrected chi connectivity index (χ1v) is 7.85. The molecule has 3 nitrogen and oxygen atoms in total. The summed E-state index contributed by atoms with van der Waals surface area (Å²) in [4.78, 5) is 17.4. The first-order chi connectivity index (χ1) is 10.6. The molecule has 0 aliphatic rings. The van der Waals surface area contributed by atoms with Crippen LogP contribution in [0.3, 0.4) is 0 Å². The molecule has 0 fully saturated rings. The number of hydrogen-bond acceptors (Lipinski definition) is 3. The molecule has 22 heavy (non-hydrogen) atoms. The summed E-state index contributed by atoms with van der Waals surface area (Å²) in [5, 5.41) is 3.84. The van der Waals surface area contributed by atoms with Crippen LogP contribution >= 0.6 is 11.3 Å². The van der Waals surface area contributed by atoms with Gasteiger partial charge in [0.1, 0.15) is 9.88 Å². The number of aryl methyl sites for hydroxylation is 2. The Bertz CT molecular complexity index is 789. The smallest absolute Gasteiger partial charge is 0.267 e. The minimum absolute atomic E-state index is 0.114. The van der Waals surface area contributed by atoms with Crippen LogP contribution in [-0.2, 0) is 0 Å². The van der Waals surface area contributed by atoms with E-state index in [0.717, 1.165) is 27.4 Å².